The van der Waals surface area contributed by atoms with Crippen molar-refractivity contribution in [3.8, 4) is 0 Å². The van der Waals surface area contributed by atoms with Gasteiger partial charge in [0.1, 0.15) is 67.1 Å². The van der Waals surface area contributed by atoms with E-state index in [4.69, 9.17) is 37.9 Å². The Balaban J connectivity index is 0.934. The zero-order valence-corrected chi connectivity index (χ0v) is 36.3. The summed E-state index contributed by atoms with van der Waals surface area (Å²) in [5.74, 6) is 2.39. The minimum atomic E-state index is -1.87. The fraction of sp³-hybridized carbons (Fsp3) is 1.00. The molecule has 5 heterocycles. The van der Waals surface area contributed by atoms with Crippen molar-refractivity contribution >= 4 is 0 Å². The van der Waals surface area contributed by atoms with Gasteiger partial charge in [-0.25, -0.2) is 0 Å². The van der Waals surface area contributed by atoms with Crippen LogP contribution in [0, 0.1) is 52.3 Å². The number of rotatable bonds is 8. The molecule has 0 aromatic heterocycles. The third-order valence-electron chi connectivity index (χ3n) is 17.9. The van der Waals surface area contributed by atoms with Crippen molar-refractivity contribution in [2.45, 2.75) is 196 Å². The number of fused-ring (bicyclic) bond motifs is 7. The highest BCUT2D eigenvalue weighted by molar-refractivity contribution is 5.16. The van der Waals surface area contributed by atoms with Gasteiger partial charge in [0.05, 0.1) is 44.7 Å². The Bertz CT molecular complexity index is 1550. The minimum Gasteiger partial charge on any atom is -0.394 e. The van der Waals surface area contributed by atoms with Gasteiger partial charge in [0.15, 0.2) is 24.7 Å². The lowest BCUT2D eigenvalue weighted by atomic mass is 9.44. The Hall–Kier alpha value is -0.720. The predicted octanol–water partition coefficient (Wildman–Crippen LogP) is -1.12. The molecule has 27 unspecified atom stereocenters. The highest BCUT2D eigenvalue weighted by Crippen LogP contribution is 2.71. The second-order valence-corrected chi connectivity index (χ2v) is 21.2. The second kappa shape index (κ2) is 17.4. The molecular weight excluding hydrogens is 816 g/mol. The summed E-state index contributed by atoms with van der Waals surface area (Å²) in [4.78, 5) is 0. The van der Waals surface area contributed by atoms with Crippen LogP contribution in [0.25, 0.3) is 0 Å². The van der Waals surface area contributed by atoms with Crippen LogP contribution in [0.4, 0.5) is 0 Å². The van der Waals surface area contributed by atoms with E-state index in [1.165, 1.54) is 0 Å². The molecule has 5 aliphatic heterocycles. The standard InChI is InChI=1S/C44H72O18/c1-18-7-10-44(56-16-18)19(2)30-27(62-44)12-23-21-6-5-20-11-26(24(47)13-43(20,4)22(21)8-9-42(23,30)3)57-41-38(61-40-36(54)34(52)32(50)28(14-45)58-40)37(33(51)29(15-46)59-41)60-39-35(53)31(49)25(48)17-55-39/h18-41,45-54H,5-17H2,1-4H3. The molecule has 1 spiro atoms. The van der Waals surface area contributed by atoms with Crippen LogP contribution in [0.2, 0.25) is 0 Å². The fourth-order valence-corrected chi connectivity index (χ4v) is 14.4. The molecule has 356 valence electrons. The first kappa shape index (κ1) is 46.4. The lowest BCUT2D eigenvalue weighted by molar-refractivity contribution is -0.394. The van der Waals surface area contributed by atoms with Gasteiger partial charge in [0.2, 0.25) is 0 Å². The Morgan fingerprint density at radius 2 is 1.31 bits per heavy atom. The van der Waals surface area contributed by atoms with E-state index in [0.29, 0.717) is 48.3 Å². The van der Waals surface area contributed by atoms with Crippen LogP contribution >= 0.6 is 0 Å². The maximum Gasteiger partial charge on any atom is 0.187 e. The summed E-state index contributed by atoms with van der Waals surface area (Å²) in [7, 11) is 0. The molecule has 0 radical (unpaired) electrons. The first-order chi connectivity index (χ1) is 29.4. The van der Waals surface area contributed by atoms with E-state index >= 15 is 0 Å². The van der Waals surface area contributed by atoms with Crippen LogP contribution in [0.5, 0.6) is 0 Å². The van der Waals surface area contributed by atoms with Gasteiger partial charge in [-0.2, -0.15) is 0 Å². The molecule has 4 saturated carbocycles. The third-order valence-corrected chi connectivity index (χ3v) is 17.9. The summed E-state index contributed by atoms with van der Waals surface area (Å²) in [5.41, 5.74) is -0.0485. The Morgan fingerprint density at radius 3 is 2.02 bits per heavy atom. The van der Waals surface area contributed by atoms with Crippen molar-refractivity contribution < 1.29 is 89.0 Å². The van der Waals surface area contributed by atoms with Crippen molar-refractivity contribution in [2.75, 3.05) is 26.4 Å². The summed E-state index contributed by atoms with van der Waals surface area (Å²) in [6, 6.07) is 0. The molecule has 5 saturated heterocycles. The molecule has 9 rings (SSSR count). The number of aliphatic hydroxyl groups excluding tert-OH is 10. The first-order valence-corrected chi connectivity index (χ1v) is 23.3. The molecule has 62 heavy (non-hydrogen) atoms. The van der Waals surface area contributed by atoms with E-state index in [2.05, 4.69) is 27.7 Å². The molecule has 0 bridgehead atoms. The monoisotopic (exact) mass is 888 g/mol. The average Bonchev–Trinajstić information content (AvgIpc) is 3.69. The van der Waals surface area contributed by atoms with Gasteiger partial charge in [0, 0.05) is 12.3 Å². The molecule has 4 aliphatic carbocycles. The van der Waals surface area contributed by atoms with Gasteiger partial charge < -0.3 is 89.0 Å². The van der Waals surface area contributed by atoms with Crippen LogP contribution in [0.3, 0.4) is 0 Å². The quantitative estimate of drug-likeness (QED) is 0.129. The molecule has 0 aromatic carbocycles. The average molecular weight is 889 g/mol. The molecule has 10 N–H and O–H groups in total. The van der Waals surface area contributed by atoms with Crippen molar-refractivity contribution in [1.82, 2.24) is 0 Å². The summed E-state index contributed by atoms with van der Waals surface area (Å²) >= 11 is 0. The minimum absolute atomic E-state index is 0.139. The topological polar surface area (TPSA) is 276 Å². The van der Waals surface area contributed by atoms with Gasteiger partial charge >= 0.3 is 0 Å². The van der Waals surface area contributed by atoms with E-state index in [9.17, 15) is 51.1 Å². The van der Waals surface area contributed by atoms with Gasteiger partial charge in [0.25, 0.3) is 0 Å². The molecular formula is C44H72O18. The molecule has 9 aliphatic rings. The Kier molecular flexibility index (Phi) is 13.0. The number of ether oxygens (including phenoxy) is 8. The van der Waals surface area contributed by atoms with E-state index in [1.54, 1.807) is 0 Å². The lowest BCUT2D eigenvalue weighted by Crippen LogP contribution is -2.67. The SMILES string of the molecule is CC1CCC2(OC1)OC1CC3C4CCC5CC(OC6OC(CO)C(O)C(OC7OCC(O)C(O)C7O)C6OC6OC(CO)C(O)C(O)C6O)C(O)CC5(C)C4CCC3(C)C1C2C. The normalized spacial score (nSPS) is 58.9. The van der Waals surface area contributed by atoms with Crippen molar-refractivity contribution in [3.63, 3.8) is 0 Å². The molecule has 0 aromatic rings. The van der Waals surface area contributed by atoms with Gasteiger partial charge in [-0.1, -0.05) is 27.7 Å². The van der Waals surface area contributed by atoms with Gasteiger partial charge in [-0.15, -0.1) is 0 Å². The highest BCUT2D eigenvalue weighted by atomic mass is 16.8. The first-order valence-electron chi connectivity index (χ1n) is 23.3. The van der Waals surface area contributed by atoms with Crippen LogP contribution < -0.4 is 0 Å². The summed E-state index contributed by atoms with van der Waals surface area (Å²) in [6.07, 6.45) is -16.2. The van der Waals surface area contributed by atoms with Crippen LogP contribution in [0.1, 0.15) is 85.5 Å². The van der Waals surface area contributed by atoms with E-state index in [-0.39, 0.29) is 22.9 Å². The number of hydrogen-bond donors (Lipinski definition) is 10. The van der Waals surface area contributed by atoms with E-state index in [0.717, 1.165) is 51.6 Å². The van der Waals surface area contributed by atoms with E-state index < -0.39 is 124 Å². The maximum absolute atomic E-state index is 12.1. The molecule has 18 heteroatoms. The summed E-state index contributed by atoms with van der Waals surface area (Å²) < 4.78 is 49.6. The van der Waals surface area contributed by atoms with Crippen molar-refractivity contribution in [3.05, 3.63) is 0 Å². The largest absolute Gasteiger partial charge is 0.394 e. The molecule has 18 nitrogen and oxygen atoms in total. The van der Waals surface area contributed by atoms with Gasteiger partial charge in [-0.05, 0) is 97.7 Å². The Morgan fingerprint density at radius 1 is 0.613 bits per heavy atom. The van der Waals surface area contributed by atoms with Crippen LogP contribution in [-0.2, 0) is 37.9 Å². The van der Waals surface area contributed by atoms with Crippen LogP contribution in [0.15, 0.2) is 0 Å². The maximum atomic E-state index is 12.1. The second-order valence-electron chi connectivity index (χ2n) is 21.2. The summed E-state index contributed by atoms with van der Waals surface area (Å²) in [6.45, 7) is 8.27. The Labute approximate surface area is 362 Å². The van der Waals surface area contributed by atoms with Crippen LogP contribution in [-0.4, -0.2) is 188 Å². The zero-order valence-electron chi connectivity index (χ0n) is 36.3. The lowest BCUT2D eigenvalue weighted by Gasteiger charge is -2.62. The smallest absolute Gasteiger partial charge is 0.187 e. The highest BCUT2D eigenvalue weighted by Gasteiger charge is 2.69. The summed E-state index contributed by atoms with van der Waals surface area (Å²) in [5, 5.41) is 107. The van der Waals surface area contributed by atoms with Crippen molar-refractivity contribution in [1.29, 1.82) is 0 Å². The predicted molar refractivity (Wildman–Crippen MR) is 211 cm³/mol. The van der Waals surface area contributed by atoms with E-state index in [1.807, 2.05) is 0 Å². The number of aliphatic hydroxyl groups is 10. The fourth-order valence-electron chi connectivity index (χ4n) is 14.4. The third kappa shape index (κ3) is 7.55. The molecule has 0 amide bonds. The zero-order chi connectivity index (χ0) is 44.2. The molecule has 9 fully saturated rings. The van der Waals surface area contributed by atoms with Gasteiger partial charge in [-0.3, -0.25) is 0 Å². The number of hydrogen-bond acceptors (Lipinski definition) is 18. The molecule has 27 atom stereocenters. The van der Waals surface area contributed by atoms with Crippen molar-refractivity contribution in [2.24, 2.45) is 52.3 Å².